The molecule has 1 saturated carbocycles. The molecule has 5 heteroatoms. The number of rotatable bonds is 5. The number of benzene rings is 2. The zero-order chi connectivity index (χ0) is 16.3. The van der Waals surface area contributed by atoms with E-state index in [9.17, 15) is 4.79 Å². The molecule has 2 aromatic carbocycles. The van der Waals surface area contributed by atoms with Gasteiger partial charge in [0.05, 0.1) is 25.4 Å². The van der Waals surface area contributed by atoms with Crippen LogP contribution in [0.4, 0.5) is 10.5 Å². The monoisotopic (exact) mass is 312 g/mol. The molecular formula is C18H20N2O3. The first-order valence-corrected chi connectivity index (χ1v) is 7.53. The number of nitrogens with one attached hydrogen (secondary N) is 2. The normalized spacial score (nSPS) is 14.7. The molecule has 23 heavy (non-hydrogen) atoms. The van der Waals surface area contributed by atoms with E-state index in [2.05, 4.69) is 10.6 Å². The van der Waals surface area contributed by atoms with E-state index in [0.29, 0.717) is 17.2 Å². The third-order valence-electron chi connectivity index (χ3n) is 4.08. The lowest BCUT2D eigenvalue weighted by atomic mass is 10.1. The average molecular weight is 312 g/mol. The van der Waals surface area contributed by atoms with Crippen LogP contribution in [0.1, 0.15) is 18.4 Å². The van der Waals surface area contributed by atoms with Crippen molar-refractivity contribution < 1.29 is 14.3 Å². The van der Waals surface area contributed by atoms with Crippen molar-refractivity contribution in [2.24, 2.45) is 0 Å². The molecule has 0 aliphatic heterocycles. The van der Waals surface area contributed by atoms with Crippen LogP contribution in [-0.4, -0.2) is 20.3 Å². The molecule has 0 saturated heterocycles. The Kier molecular flexibility index (Phi) is 4.10. The Balaban J connectivity index is 1.73. The molecule has 2 aromatic rings. The Bertz CT molecular complexity index is 697. The smallest absolute Gasteiger partial charge is 0.320 e. The minimum absolute atomic E-state index is 0.252. The first-order chi connectivity index (χ1) is 11.2. The van der Waals surface area contributed by atoms with Crippen LogP contribution in [0.5, 0.6) is 11.5 Å². The molecule has 0 atom stereocenters. The predicted octanol–water partition coefficient (Wildman–Crippen LogP) is 3.51. The minimum atomic E-state index is -0.253. The summed E-state index contributed by atoms with van der Waals surface area (Å²) < 4.78 is 10.5. The van der Waals surface area contributed by atoms with Crippen LogP contribution in [0.3, 0.4) is 0 Å². The topological polar surface area (TPSA) is 59.6 Å². The Hall–Kier alpha value is -2.69. The second-order valence-electron chi connectivity index (χ2n) is 5.59. The Morgan fingerprint density at radius 3 is 2.39 bits per heavy atom. The first kappa shape index (κ1) is 15.2. The number of amides is 2. The lowest BCUT2D eigenvalue weighted by Gasteiger charge is -2.19. The van der Waals surface area contributed by atoms with Crippen LogP contribution in [0.15, 0.2) is 48.5 Å². The maximum atomic E-state index is 12.4. The summed E-state index contributed by atoms with van der Waals surface area (Å²) >= 11 is 0. The molecule has 2 amide bonds. The van der Waals surface area contributed by atoms with Gasteiger partial charge in [-0.25, -0.2) is 4.79 Å². The maximum absolute atomic E-state index is 12.4. The fourth-order valence-corrected chi connectivity index (χ4v) is 2.65. The second kappa shape index (κ2) is 6.20. The maximum Gasteiger partial charge on any atom is 0.320 e. The van der Waals surface area contributed by atoms with Gasteiger partial charge in [-0.05, 0) is 30.5 Å². The van der Waals surface area contributed by atoms with Gasteiger partial charge in [-0.15, -0.1) is 0 Å². The average Bonchev–Trinajstić information content (AvgIpc) is 3.36. The minimum Gasteiger partial charge on any atom is -0.497 e. The van der Waals surface area contributed by atoms with E-state index in [0.717, 1.165) is 18.4 Å². The van der Waals surface area contributed by atoms with Crippen molar-refractivity contribution in [2.75, 3.05) is 19.5 Å². The number of methoxy groups -OCH3 is 2. The highest BCUT2D eigenvalue weighted by atomic mass is 16.5. The van der Waals surface area contributed by atoms with Crippen molar-refractivity contribution in [2.45, 2.75) is 18.4 Å². The lowest BCUT2D eigenvalue weighted by Crippen LogP contribution is -2.38. The Morgan fingerprint density at radius 1 is 1.04 bits per heavy atom. The SMILES string of the molecule is COc1ccc(OC)c(NC(=O)NC2(c3ccccc3)CC2)c1. The molecule has 0 radical (unpaired) electrons. The van der Waals surface area contributed by atoms with Gasteiger partial charge in [0.2, 0.25) is 0 Å². The van der Waals surface area contributed by atoms with E-state index in [1.807, 2.05) is 30.3 Å². The summed E-state index contributed by atoms with van der Waals surface area (Å²) in [4.78, 5) is 12.4. The van der Waals surface area contributed by atoms with Gasteiger partial charge < -0.3 is 20.1 Å². The van der Waals surface area contributed by atoms with Gasteiger partial charge in [-0.2, -0.15) is 0 Å². The number of urea groups is 1. The number of carbonyl (C=O) groups excluding carboxylic acids is 1. The van der Waals surface area contributed by atoms with Crippen LogP contribution >= 0.6 is 0 Å². The van der Waals surface area contributed by atoms with Crippen molar-refractivity contribution in [3.8, 4) is 11.5 Å². The predicted molar refractivity (Wildman–Crippen MR) is 89.1 cm³/mol. The van der Waals surface area contributed by atoms with Crippen molar-refractivity contribution in [3.63, 3.8) is 0 Å². The highest BCUT2D eigenvalue weighted by Gasteiger charge is 2.45. The molecule has 0 unspecified atom stereocenters. The number of hydrogen-bond acceptors (Lipinski definition) is 3. The van der Waals surface area contributed by atoms with E-state index in [-0.39, 0.29) is 11.6 Å². The van der Waals surface area contributed by atoms with Gasteiger partial charge in [0.1, 0.15) is 11.5 Å². The number of hydrogen-bond donors (Lipinski definition) is 2. The summed E-state index contributed by atoms with van der Waals surface area (Å²) in [5, 5.41) is 5.92. The molecule has 5 nitrogen and oxygen atoms in total. The zero-order valence-electron chi connectivity index (χ0n) is 13.3. The van der Waals surface area contributed by atoms with Crippen LogP contribution in [0, 0.1) is 0 Å². The molecule has 0 heterocycles. The standard InChI is InChI=1S/C18H20N2O3/c1-22-14-8-9-16(23-2)15(12-14)19-17(21)20-18(10-11-18)13-6-4-3-5-7-13/h3-9,12H,10-11H2,1-2H3,(H2,19,20,21). The fraction of sp³-hybridized carbons (Fsp3) is 0.278. The van der Waals surface area contributed by atoms with E-state index >= 15 is 0 Å². The third kappa shape index (κ3) is 3.23. The Morgan fingerprint density at radius 2 is 1.78 bits per heavy atom. The van der Waals surface area contributed by atoms with E-state index in [1.165, 1.54) is 0 Å². The van der Waals surface area contributed by atoms with Crippen molar-refractivity contribution in [3.05, 3.63) is 54.1 Å². The molecule has 0 aromatic heterocycles. The highest BCUT2D eigenvalue weighted by Crippen LogP contribution is 2.45. The summed E-state index contributed by atoms with van der Waals surface area (Å²) in [5.41, 5.74) is 1.46. The van der Waals surface area contributed by atoms with Crippen LogP contribution < -0.4 is 20.1 Å². The third-order valence-corrected chi connectivity index (χ3v) is 4.08. The first-order valence-electron chi connectivity index (χ1n) is 7.53. The zero-order valence-corrected chi connectivity index (χ0v) is 13.3. The van der Waals surface area contributed by atoms with Crippen molar-refractivity contribution >= 4 is 11.7 Å². The molecule has 3 rings (SSSR count). The molecule has 120 valence electrons. The van der Waals surface area contributed by atoms with Crippen LogP contribution in [0.2, 0.25) is 0 Å². The van der Waals surface area contributed by atoms with Gasteiger partial charge >= 0.3 is 6.03 Å². The van der Waals surface area contributed by atoms with Gasteiger partial charge in [0.25, 0.3) is 0 Å². The summed E-state index contributed by atoms with van der Waals surface area (Å²) in [6, 6.07) is 15.1. The van der Waals surface area contributed by atoms with Crippen molar-refractivity contribution in [1.29, 1.82) is 0 Å². The van der Waals surface area contributed by atoms with Gasteiger partial charge in [0.15, 0.2) is 0 Å². The fourth-order valence-electron chi connectivity index (χ4n) is 2.65. The molecule has 1 fully saturated rings. The highest BCUT2D eigenvalue weighted by molar-refractivity contribution is 5.92. The van der Waals surface area contributed by atoms with Gasteiger partial charge in [0, 0.05) is 6.07 Å². The molecule has 2 N–H and O–H groups in total. The summed E-state index contributed by atoms with van der Waals surface area (Å²) in [6.45, 7) is 0. The van der Waals surface area contributed by atoms with Crippen LogP contribution in [-0.2, 0) is 5.54 Å². The number of anilines is 1. The quantitative estimate of drug-likeness (QED) is 0.888. The van der Waals surface area contributed by atoms with E-state index in [1.54, 1.807) is 32.4 Å². The van der Waals surface area contributed by atoms with Crippen LogP contribution in [0.25, 0.3) is 0 Å². The van der Waals surface area contributed by atoms with Crippen molar-refractivity contribution in [1.82, 2.24) is 5.32 Å². The molecular weight excluding hydrogens is 292 g/mol. The summed E-state index contributed by atoms with van der Waals surface area (Å²) in [5.74, 6) is 1.25. The van der Waals surface area contributed by atoms with Gasteiger partial charge in [-0.1, -0.05) is 30.3 Å². The van der Waals surface area contributed by atoms with E-state index < -0.39 is 0 Å². The summed E-state index contributed by atoms with van der Waals surface area (Å²) in [6.07, 6.45) is 1.89. The summed E-state index contributed by atoms with van der Waals surface area (Å²) in [7, 11) is 3.15. The molecule has 1 aliphatic carbocycles. The number of ether oxygens (including phenoxy) is 2. The number of carbonyl (C=O) groups is 1. The molecule has 0 spiro atoms. The molecule has 1 aliphatic rings. The second-order valence-corrected chi connectivity index (χ2v) is 5.59. The lowest BCUT2D eigenvalue weighted by molar-refractivity contribution is 0.247. The van der Waals surface area contributed by atoms with E-state index in [4.69, 9.17) is 9.47 Å². The molecule has 0 bridgehead atoms. The largest absolute Gasteiger partial charge is 0.497 e. The Labute approximate surface area is 135 Å². The van der Waals surface area contributed by atoms with Gasteiger partial charge in [-0.3, -0.25) is 0 Å².